The van der Waals surface area contributed by atoms with Crippen LogP contribution in [0.5, 0.6) is 5.75 Å². The number of para-hydroxylation sites is 1. The van der Waals surface area contributed by atoms with Crippen LogP contribution < -0.4 is 10.1 Å². The van der Waals surface area contributed by atoms with Gasteiger partial charge in [-0.05, 0) is 19.1 Å². The number of Topliss-reactive ketones (excluding diaryl/α,β-unsaturated/α-hetero) is 1. The summed E-state index contributed by atoms with van der Waals surface area (Å²) < 4.78 is 11.1. The van der Waals surface area contributed by atoms with Gasteiger partial charge in [-0.25, -0.2) is 0 Å². The van der Waals surface area contributed by atoms with Gasteiger partial charge in [-0.2, -0.15) is 0 Å². The number of nitrogens with one attached hydrogen (secondary N) is 1. The van der Waals surface area contributed by atoms with E-state index in [0.717, 1.165) is 31.6 Å². The molecule has 3 rings (SSSR count). The summed E-state index contributed by atoms with van der Waals surface area (Å²) in [5.74, 6) is 1.60. The molecule has 5 heteroatoms. The fourth-order valence-corrected chi connectivity index (χ4v) is 2.93. The topological polar surface area (TPSA) is 54.7 Å². The molecule has 0 spiro atoms. The quantitative estimate of drug-likeness (QED) is 0.913. The molecular weight excluding hydrogens is 280 g/mol. The maximum Gasteiger partial charge on any atom is 0.176 e. The molecule has 0 aliphatic carbocycles. The Kier molecular flexibility index (Phi) is 4.45. The highest BCUT2D eigenvalue weighted by Crippen LogP contribution is 2.28. The van der Waals surface area contributed by atoms with Crippen molar-refractivity contribution in [2.24, 2.45) is 0 Å². The molecule has 0 saturated carbocycles. The first kappa shape index (κ1) is 15.1. The Hall–Kier alpha value is -1.85. The highest BCUT2D eigenvalue weighted by atomic mass is 16.5. The van der Waals surface area contributed by atoms with E-state index in [-0.39, 0.29) is 11.8 Å². The van der Waals surface area contributed by atoms with E-state index in [0.29, 0.717) is 23.5 Å². The van der Waals surface area contributed by atoms with Crippen molar-refractivity contribution in [3.63, 3.8) is 0 Å². The number of benzene rings is 1. The number of piperazine rings is 1. The Balaban J connectivity index is 1.73. The van der Waals surface area contributed by atoms with Crippen LogP contribution in [0.2, 0.25) is 0 Å². The Morgan fingerprint density at radius 1 is 1.41 bits per heavy atom. The highest BCUT2D eigenvalue weighted by molar-refractivity contribution is 5.88. The molecule has 1 aliphatic rings. The molecule has 1 aromatic carbocycles. The van der Waals surface area contributed by atoms with Crippen LogP contribution in [0.3, 0.4) is 0 Å². The molecule has 2 aromatic rings. The van der Waals surface area contributed by atoms with Crippen LogP contribution in [0.25, 0.3) is 11.0 Å². The number of hydrogen-bond donors (Lipinski definition) is 1. The first-order chi connectivity index (χ1) is 10.7. The standard InChI is InChI=1S/C17H22N2O3/c1-12(19-8-6-18-7-9-19)15(20)11-14-10-13-4-3-5-16(21-2)17(13)22-14/h3-5,10,12,18H,6-9,11H2,1-2H3. The number of hydrogen-bond acceptors (Lipinski definition) is 5. The average Bonchev–Trinajstić information content (AvgIpc) is 2.97. The summed E-state index contributed by atoms with van der Waals surface area (Å²) >= 11 is 0. The van der Waals surface area contributed by atoms with Gasteiger partial charge in [-0.1, -0.05) is 12.1 Å². The van der Waals surface area contributed by atoms with E-state index in [2.05, 4.69) is 10.2 Å². The predicted molar refractivity (Wildman–Crippen MR) is 85.4 cm³/mol. The minimum absolute atomic E-state index is 0.0720. The second kappa shape index (κ2) is 6.50. The molecule has 22 heavy (non-hydrogen) atoms. The molecule has 5 nitrogen and oxygen atoms in total. The molecule has 1 aromatic heterocycles. The van der Waals surface area contributed by atoms with Gasteiger partial charge in [0.15, 0.2) is 17.1 Å². The van der Waals surface area contributed by atoms with Gasteiger partial charge in [0.1, 0.15) is 5.76 Å². The van der Waals surface area contributed by atoms with Gasteiger partial charge in [0.2, 0.25) is 0 Å². The summed E-state index contributed by atoms with van der Waals surface area (Å²) in [7, 11) is 1.62. The summed E-state index contributed by atoms with van der Waals surface area (Å²) in [6, 6.07) is 7.61. The van der Waals surface area contributed by atoms with Crippen molar-refractivity contribution < 1.29 is 13.9 Å². The number of nitrogens with zero attached hydrogens (tertiary/aromatic N) is 1. The second-order valence-corrected chi connectivity index (χ2v) is 5.70. The van der Waals surface area contributed by atoms with Crippen molar-refractivity contribution in [1.82, 2.24) is 10.2 Å². The lowest BCUT2D eigenvalue weighted by molar-refractivity contribution is -0.123. The van der Waals surface area contributed by atoms with Crippen LogP contribution in [-0.4, -0.2) is 50.0 Å². The normalized spacial score (nSPS) is 17.5. The Morgan fingerprint density at radius 2 is 2.18 bits per heavy atom. The van der Waals surface area contributed by atoms with E-state index in [4.69, 9.17) is 9.15 Å². The van der Waals surface area contributed by atoms with E-state index < -0.39 is 0 Å². The lowest BCUT2D eigenvalue weighted by atomic mass is 10.1. The van der Waals surface area contributed by atoms with Gasteiger partial charge in [0.05, 0.1) is 19.6 Å². The monoisotopic (exact) mass is 302 g/mol. The molecule has 2 heterocycles. The third-order valence-electron chi connectivity index (χ3n) is 4.29. The first-order valence-electron chi connectivity index (χ1n) is 7.72. The van der Waals surface area contributed by atoms with Crippen LogP contribution in [0.4, 0.5) is 0 Å². The number of carbonyl (C=O) groups excluding carboxylic acids is 1. The lowest BCUT2D eigenvalue weighted by Crippen LogP contribution is -2.50. The van der Waals surface area contributed by atoms with Gasteiger partial charge >= 0.3 is 0 Å². The van der Waals surface area contributed by atoms with Gasteiger partial charge in [-0.3, -0.25) is 9.69 Å². The van der Waals surface area contributed by atoms with Crippen molar-refractivity contribution in [1.29, 1.82) is 0 Å². The maximum absolute atomic E-state index is 12.5. The number of furan rings is 1. The fraction of sp³-hybridized carbons (Fsp3) is 0.471. The van der Waals surface area contributed by atoms with Crippen molar-refractivity contribution >= 4 is 16.8 Å². The van der Waals surface area contributed by atoms with Crippen LogP contribution in [-0.2, 0) is 11.2 Å². The molecule has 118 valence electrons. The molecule has 0 radical (unpaired) electrons. The molecule has 1 fully saturated rings. The summed E-state index contributed by atoms with van der Waals surface area (Å²) in [4.78, 5) is 14.7. The van der Waals surface area contributed by atoms with Crippen molar-refractivity contribution in [3.05, 3.63) is 30.0 Å². The molecule has 1 N–H and O–H groups in total. The third-order valence-corrected chi connectivity index (χ3v) is 4.29. The largest absolute Gasteiger partial charge is 0.493 e. The predicted octanol–water partition coefficient (Wildman–Crippen LogP) is 1.85. The van der Waals surface area contributed by atoms with E-state index in [1.165, 1.54) is 0 Å². The highest BCUT2D eigenvalue weighted by Gasteiger charge is 2.23. The molecule has 1 saturated heterocycles. The first-order valence-corrected chi connectivity index (χ1v) is 7.72. The molecular formula is C17H22N2O3. The lowest BCUT2D eigenvalue weighted by Gasteiger charge is -2.31. The SMILES string of the molecule is COc1cccc2cc(CC(=O)C(C)N3CCNCC3)oc12. The number of fused-ring (bicyclic) bond motifs is 1. The molecule has 1 atom stereocenters. The Bertz CT molecular complexity index is 659. The van der Waals surface area contributed by atoms with Gasteiger partial charge in [0, 0.05) is 31.6 Å². The summed E-state index contributed by atoms with van der Waals surface area (Å²) in [5.41, 5.74) is 0.711. The van der Waals surface area contributed by atoms with Crippen LogP contribution in [0.15, 0.2) is 28.7 Å². The number of ketones is 1. The van der Waals surface area contributed by atoms with Crippen LogP contribution in [0, 0.1) is 0 Å². The minimum Gasteiger partial charge on any atom is -0.493 e. The number of methoxy groups -OCH3 is 1. The summed E-state index contributed by atoms with van der Waals surface area (Å²) in [5, 5.41) is 4.27. The Labute approximate surface area is 130 Å². The summed E-state index contributed by atoms with van der Waals surface area (Å²) in [6.07, 6.45) is 0.322. The molecule has 0 bridgehead atoms. The van der Waals surface area contributed by atoms with Gasteiger partial charge in [-0.15, -0.1) is 0 Å². The molecule has 0 amide bonds. The summed E-state index contributed by atoms with van der Waals surface area (Å²) in [6.45, 7) is 5.71. The van der Waals surface area contributed by atoms with Crippen molar-refractivity contribution in [2.75, 3.05) is 33.3 Å². The van der Waals surface area contributed by atoms with Crippen LogP contribution in [0.1, 0.15) is 12.7 Å². The van der Waals surface area contributed by atoms with Crippen molar-refractivity contribution in [3.8, 4) is 5.75 Å². The van der Waals surface area contributed by atoms with Crippen molar-refractivity contribution in [2.45, 2.75) is 19.4 Å². The van der Waals surface area contributed by atoms with E-state index in [9.17, 15) is 4.79 Å². The van der Waals surface area contributed by atoms with Gasteiger partial charge in [0.25, 0.3) is 0 Å². The Morgan fingerprint density at radius 3 is 2.91 bits per heavy atom. The van der Waals surface area contributed by atoms with E-state index in [1.54, 1.807) is 7.11 Å². The second-order valence-electron chi connectivity index (χ2n) is 5.70. The maximum atomic E-state index is 12.5. The molecule has 1 unspecified atom stereocenters. The number of ether oxygens (including phenoxy) is 1. The van der Waals surface area contributed by atoms with E-state index >= 15 is 0 Å². The molecule has 1 aliphatic heterocycles. The number of rotatable bonds is 5. The zero-order valence-electron chi connectivity index (χ0n) is 13.1. The van der Waals surface area contributed by atoms with Crippen LogP contribution >= 0.6 is 0 Å². The smallest absolute Gasteiger partial charge is 0.176 e. The van der Waals surface area contributed by atoms with Gasteiger partial charge < -0.3 is 14.5 Å². The third kappa shape index (κ3) is 3.00. The average molecular weight is 302 g/mol. The zero-order valence-corrected chi connectivity index (χ0v) is 13.1. The fourth-order valence-electron chi connectivity index (χ4n) is 2.93. The zero-order chi connectivity index (χ0) is 15.5. The minimum atomic E-state index is -0.0720. The number of carbonyl (C=O) groups is 1. The van der Waals surface area contributed by atoms with E-state index in [1.807, 2.05) is 31.2 Å².